The van der Waals surface area contributed by atoms with Crippen LogP contribution in [-0.4, -0.2) is 53.5 Å². The van der Waals surface area contributed by atoms with Crippen LogP contribution in [0.15, 0.2) is 42.5 Å². The van der Waals surface area contributed by atoms with Crippen LogP contribution in [0, 0.1) is 0 Å². The Morgan fingerprint density at radius 3 is 1.97 bits per heavy atom. The summed E-state index contributed by atoms with van der Waals surface area (Å²) >= 11 is 0. The van der Waals surface area contributed by atoms with Crippen LogP contribution < -0.4 is 14.2 Å². The number of ether oxygens (including phenoxy) is 5. The third-order valence-electron chi connectivity index (χ3n) is 6.48. The van der Waals surface area contributed by atoms with E-state index in [1.165, 1.54) is 5.56 Å². The fourth-order valence-corrected chi connectivity index (χ4v) is 4.65. The molecular formula is C25H35NO5. The number of methoxy groups -OCH3 is 3. The maximum atomic E-state index is 6.26. The van der Waals surface area contributed by atoms with Crippen LogP contribution in [0.25, 0.3) is 0 Å². The van der Waals surface area contributed by atoms with Crippen molar-refractivity contribution in [1.29, 1.82) is 0 Å². The Bertz CT molecular complexity index is 823. The monoisotopic (exact) mass is 429 g/mol. The first-order valence-electron chi connectivity index (χ1n) is 10.8. The van der Waals surface area contributed by atoms with Gasteiger partial charge in [-0.25, -0.2) is 0 Å². The molecule has 2 aromatic carbocycles. The highest BCUT2D eigenvalue weighted by molar-refractivity contribution is 5.54. The van der Waals surface area contributed by atoms with Gasteiger partial charge in [0.25, 0.3) is 0 Å². The van der Waals surface area contributed by atoms with Crippen molar-refractivity contribution in [3.05, 3.63) is 53.6 Å². The van der Waals surface area contributed by atoms with E-state index in [2.05, 4.69) is 56.3 Å². The molecule has 1 aliphatic rings. The molecule has 1 saturated heterocycles. The van der Waals surface area contributed by atoms with Crippen molar-refractivity contribution in [2.24, 2.45) is 0 Å². The topological polar surface area (TPSA) is 49.4 Å². The van der Waals surface area contributed by atoms with Crippen LogP contribution in [-0.2, 0) is 20.8 Å². The van der Waals surface area contributed by atoms with Gasteiger partial charge in [0.2, 0.25) is 5.75 Å². The molecule has 0 aliphatic carbocycles. The van der Waals surface area contributed by atoms with E-state index in [-0.39, 0.29) is 5.54 Å². The van der Waals surface area contributed by atoms with E-state index >= 15 is 0 Å². The van der Waals surface area contributed by atoms with Crippen LogP contribution in [0.2, 0.25) is 0 Å². The van der Waals surface area contributed by atoms with Crippen LogP contribution in [0.1, 0.15) is 37.3 Å². The van der Waals surface area contributed by atoms with E-state index in [1.807, 2.05) is 12.1 Å². The van der Waals surface area contributed by atoms with Crippen molar-refractivity contribution in [3.63, 3.8) is 0 Å². The maximum absolute atomic E-state index is 6.26. The summed E-state index contributed by atoms with van der Waals surface area (Å²) in [6.07, 6.45) is 2.51. The van der Waals surface area contributed by atoms with Crippen molar-refractivity contribution in [2.45, 2.75) is 37.5 Å². The van der Waals surface area contributed by atoms with Crippen LogP contribution in [0.5, 0.6) is 17.2 Å². The van der Waals surface area contributed by atoms with Gasteiger partial charge in [0, 0.05) is 17.5 Å². The van der Waals surface area contributed by atoms with Gasteiger partial charge in [-0.05, 0) is 44.6 Å². The lowest BCUT2D eigenvalue weighted by molar-refractivity contribution is -0.176. The van der Waals surface area contributed by atoms with Gasteiger partial charge >= 0.3 is 0 Å². The summed E-state index contributed by atoms with van der Waals surface area (Å²) in [7, 11) is 9.12. The lowest BCUT2D eigenvalue weighted by Crippen LogP contribution is -2.43. The Morgan fingerprint density at radius 1 is 0.935 bits per heavy atom. The summed E-state index contributed by atoms with van der Waals surface area (Å²) in [6, 6.07) is 14.5. The highest BCUT2D eigenvalue weighted by atomic mass is 16.7. The minimum absolute atomic E-state index is 0.135. The van der Waals surface area contributed by atoms with E-state index in [4.69, 9.17) is 23.7 Å². The third kappa shape index (κ3) is 4.38. The Hall–Kier alpha value is -2.28. The molecule has 6 heteroatoms. The van der Waals surface area contributed by atoms with E-state index in [0.29, 0.717) is 36.9 Å². The summed E-state index contributed by atoms with van der Waals surface area (Å²) in [4.78, 5) is 2.31. The second-order valence-electron chi connectivity index (χ2n) is 8.01. The maximum Gasteiger partial charge on any atom is 0.203 e. The molecule has 1 aliphatic heterocycles. The summed E-state index contributed by atoms with van der Waals surface area (Å²) in [5.41, 5.74) is 2.03. The number of rotatable bonds is 10. The minimum atomic E-state index is -0.863. The van der Waals surface area contributed by atoms with E-state index in [0.717, 1.165) is 18.4 Å². The van der Waals surface area contributed by atoms with Gasteiger partial charge in [0.05, 0.1) is 34.5 Å². The molecule has 0 spiro atoms. The number of hydrogen-bond donors (Lipinski definition) is 0. The van der Waals surface area contributed by atoms with Gasteiger partial charge in [-0.15, -0.1) is 0 Å². The summed E-state index contributed by atoms with van der Waals surface area (Å²) in [6.45, 7) is 3.32. The molecule has 170 valence electrons. The predicted octanol–water partition coefficient (Wildman–Crippen LogP) is 4.56. The second-order valence-corrected chi connectivity index (χ2v) is 8.01. The van der Waals surface area contributed by atoms with E-state index in [1.54, 1.807) is 21.3 Å². The Labute approximate surface area is 186 Å². The molecule has 1 atom stereocenters. The van der Waals surface area contributed by atoms with Gasteiger partial charge in [-0.1, -0.05) is 37.3 Å². The first-order chi connectivity index (χ1) is 15.0. The molecule has 0 N–H and O–H groups in total. The number of benzene rings is 2. The molecular weight excluding hydrogens is 394 g/mol. The lowest BCUT2D eigenvalue weighted by Gasteiger charge is -2.42. The molecule has 6 nitrogen and oxygen atoms in total. The zero-order chi connectivity index (χ0) is 22.5. The first-order valence-corrected chi connectivity index (χ1v) is 10.8. The molecule has 0 aromatic heterocycles. The van der Waals surface area contributed by atoms with Crippen LogP contribution in [0.3, 0.4) is 0 Å². The van der Waals surface area contributed by atoms with Gasteiger partial charge in [0.1, 0.15) is 0 Å². The smallest absolute Gasteiger partial charge is 0.203 e. The highest BCUT2D eigenvalue weighted by Crippen LogP contribution is 2.47. The average Bonchev–Trinajstić information content (AvgIpc) is 3.29. The summed E-state index contributed by atoms with van der Waals surface area (Å²) in [5.74, 6) is 0.876. The zero-order valence-corrected chi connectivity index (χ0v) is 19.6. The first kappa shape index (κ1) is 23.4. The fraction of sp³-hybridized carbons (Fsp3) is 0.520. The van der Waals surface area contributed by atoms with E-state index in [9.17, 15) is 0 Å². The van der Waals surface area contributed by atoms with Crippen molar-refractivity contribution in [2.75, 3.05) is 48.6 Å². The second kappa shape index (κ2) is 9.90. The zero-order valence-electron chi connectivity index (χ0n) is 19.6. The molecule has 31 heavy (non-hydrogen) atoms. The highest BCUT2D eigenvalue weighted by Gasteiger charge is 2.43. The SMILES string of the molecule is CCC(CCC1(c2cc(OC)c(OC)c(OC)c2)OCCO1)(c1ccccc1)N(C)C. The van der Waals surface area contributed by atoms with Gasteiger partial charge in [0.15, 0.2) is 17.3 Å². The standard InChI is InChI=1S/C25H35NO5/c1-7-24(26(2)3,19-11-9-8-10-12-19)13-14-25(30-15-16-31-25)20-17-21(27-4)23(29-6)22(18-20)28-5/h8-12,17-18H,7,13-16H2,1-6H3. The van der Waals surface area contributed by atoms with Crippen molar-refractivity contribution < 1.29 is 23.7 Å². The summed E-state index contributed by atoms with van der Waals surface area (Å²) in [5, 5.41) is 0. The molecule has 0 saturated carbocycles. The quantitative estimate of drug-likeness (QED) is 0.552. The normalized spacial score (nSPS) is 17.4. The molecule has 2 aromatic rings. The molecule has 3 rings (SSSR count). The number of hydrogen-bond acceptors (Lipinski definition) is 6. The summed E-state index contributed by atoms with van der Waals surface area (Å²) < 4.78 is 29.2. The fourth-order valence-electron chi connectivity index (χ4n) is 4.65. The van der Waals surface area contributed by atoms with Crippen molar-refractivity contribution in [1.82, 2.24) is 4.90 Å². The molecule has 1 fully saturated rings. The van der Waals surface area contributed by atoms with Crippen LogP contribution in [0.4, 0.5) is 0 Å². The molecule has 0 bridgehead atoms. The Kier molecular flexibility index (Phi) is 7.46. The Morgan fingerprint density at radius 2 is 1.52 bits per heavy atom. The van der Waals surface area contributed by atoms with Crippen molar-refractivity contribution >= 4 is 0 Å². The molecule has 1 heterocycles. The minimum Gasteiger partial charge on any atom is -0.493 e. The van der Waals surface area contributed by atoms with Gasteiger partial charge in [-0.3, -0.25) is 4.90 Å². The Balaban J connectivity index is 2.01. The largest absolute Gasteiger partial charge is 0.493 e. The predicted molar refractivity (Wildman–Crippen MR) is 121 cm³/mol. The molecule has 1 unspecified atom stereocenters. The van der Waals surface area contributed by atoms with Crippen molar-refractivity contribution in [3.8, 4) is 17.2 Å². The van der Waals surface area contributed by atoms with E-state index < -0.39 is 5.79 Å². The third-order valence-corrected chi connectivity index (χ3v) is 6.48. The van der Waals surface area contributed by atoms with Crippen LogP contribution >= 0.6 is 0 Å². The molecule has 0 amide bonds. The van der Waals surface area contributed by atoms with Gasteiger partial charge in [-0.2, -0.15) is 0 Å². The number of nitrogens with zero attached hydrogens (tertiary/aromatic N) is 1. The lowest BCUT2D eigenvalue weighted by atomic mass is 9.80. The molecule has 0 radical (unpaired) electrons. The van der Waals surface area contributed by atoms with Gasteiger partial charge < -0.3 is 23.7 Å². The average molecular weight is 430 g/mol.